The van der Waals surface area contributed by atoms with E-state index in [1.165, 1.54) is 0 Å². The lowest BCUT2D eigenvalue weighted by molar-refractivity contribution is -0.153. The third-order valence-corrected chi connectivity index (χ3v) is 3.53. The maximum Gasteiger partial charge on any atom is 0.422 e. The van der Waals surface area contributed by atoms with Gasteiger partial charge in [0, 0.05) is 11.3 Å². The highest BCUT2D eigenvalue weighted by Gasteiger charge is 2.28. The van der Waals surface area contributed by atoms with Gasteiger partial charge in [-0.05, 0) is 56.7 Å². The third-order valence-electron chi connectivity index (χ3n) is 3.53. The number of hydrogen-bond acceptors (Lipinski definition) is 3. The molecule has 0 aliphatic carbocycles. The van der Waals surface area contributed by atoms with Crippen molar-refractivity contribution in [2.24, 2.45) is 10.7 Å². The Morgan fingerprint density at radius 1 is 1.14 bits per heavy atom. The maximum absolute atomic E-state index is 12.4. The van der Waals surface area contributed by atoms with Crippen LogP contribution in [0.1, 0.15) is 25.0 Å². The van der Waals surface area contributed by atoms with Crippen molar-refractivity contribution >= 4 is 11.6 Å². The van der Waals surface area contributed by atoms with Crippen molar-refractivity contribution in [3.05, 3.63) is 53.6 Å². The summed E-state index contributed by atoms with van der Waals surface area (Å²) in [6.45, 7) is 4.38. The minimum atomic E-state index is -4.41. The molecule has 0 aliphatic rings. The lowest BCUT2D eigenvalue weighted by Crippen LogP contribution is -2.23. The lowest BCUT2D eigenvalue weighted by atomic mass is 10.1. The predicted molar refractivity (Wildman–Crippen MR) is 104 cm³/mol. The smallest absolute Gasteiger partial charge is 0.422 e. The second-order valence-corrected chi connectivity index (χ2v) is 6.53. The molecule has 0 saturated carbocycles. The zero-order valence-electron chi connectivity index (χ0n) is 16.0. The van der Waals surface area contributed by atoms with E-state index >= 15 is 0 Å². The van der Waals surface area contributed by atoms with Crippen molar-refractivity contribution < 1.29 is 22.6 Å². The molecule has 0 aromatic heterocycles. The Morgan fingerprint density at radius 2 is 1.82 bits per heavy atom. The average molecular weight is 395 g/mol. The van der Waals surface area contributed by atoms with Gasteiger partial charge in [0.1, 0.15) is 11.5 Å². The summed E-state index contributed by atoms with van der Waals surface area (Å²) >= 11 is 0. The van der Waals surface area contributed by atoms with Crippen molar-refractivity contribution in [1.82, 2.24) is 0 Å². The number of nitrogens with zero attached hydrogens (tertiary/aromatic N) is 1. The summed E-state index contributed by atoms with van der Waals surface area (Å²) < 4.78 is 47.8. The summed E-state index contributed by atoms with van der Waals surface area (Å²) in [6.07, 6.45) is -4.33. The summed E-state index contributed by atoms with van der Waals surface area (Å²) in [6, 6.07) is 12.2. The second-order valence-electron chi connectivity index (χ2n) is 6.53. The van der Waals surface area contributed by atoms with Gasteiger partial charge < -0.3 is 20.5 Å². The number of benzene rings is 2. The standard InChI is InChI=1S/C20H24F3N3O2/c1-13(2)28-17-8-6-16(7-9-17)26-19(24)25-11-15-5-4-14(3)10-18(15)27-12-20(21,22)23/h4-10,13H,11-12H2,1-3H3,(H3,24,25,26). The molecule has 5 nitrogen and oxygen atoms in total. The van der Waals surface area contributed by atoms with E-state index in [-0.39, 0.29) is 24.4 Å². The molecule has 3 N–H and O–H groups in total. The Kier molecular flexibility index (Phi) is 7.14. The van der Waals surface area contributed by atoms with E-state index in [0.717, 1.165) is 17.0 Å². The van der Waals surface area contributed by atoms with Crippen molar-refractivity contribution in [2.75, 3.05) is 11.9 Å². The topological polar surface area (TPSA) is 68.9 Å². The second kappa shape index (κ2) is 9.34. The summed E-state index contributed by atoms with van der Waals surface area (Å²) in [5, 5.41) is 2.93. The summed E-state index contributed by atoms with van der Waals surface area (Å²) in [5.41, 5.74) is 7.91. The van der Waals surface area contributed by atoms with Crippen molar-refractivity contribution in [3.8, 4) is 11.5 Å². The van der Waals surface area contributed by atoms with E-state index in [2.05, 4.69) is 10.3 Å². The molecular formula is C20H24F3N3O2. The average Bonchev–Trinajstić information content (AvgIpc) is 2.60. The quantitative estimate of drug-likeness (QED) is 0.529. The minimum Gasteiger partial charge on any atom is -0.491 e. The van der Waals surface area contributed by atoms with E-state index in [0.29, 0.717) is 5.56 Å². The number of halogens is 3. The Hall–Kier alpha value is -2.90. The molecule has 0 atom stereocenters. The van der Waals surface area contributed by atoms with Crippen LogP contribution in [0.25, 0.3) is 0 Å². The number of nitrogens with two attached hydrogens (primary N) is 1. The molecule has 8 heteroatoms. The highest BCUT2D eigenvalue weighted by molar-refractivity contribution is 5.92. The Labute approximate surface area is 162 Å². The summed E-state index contributed by atoms with van der Waals surface area (Å²) in [4.78, 5) is 4.19. The molecule has 2 rings (SSSR count). The van der Waals surface area contributed by atoms with E-state index < -0.39 is 12.8 Å². The van der Waals surface area contributed by atoms with Gasteiger partial charge in [-0.25, -0.2) is 4.99 Å². The first-order valence-electron chi connectivity index (χ1n) is 8.75. The minimum absolute atomic E-state index is 0.0775. The van der Waals surface area contributed by atoms with Gasteiger partial charge in [0.05, 0.1) is 12.6 Å². The number of guanidine groups is 1. The molecule has 0 fully saturated rings. The van der Waals surface area contributed by atoms with Gasteiger partial charge in [-0.15, -0.1) is 0 Å². The van der Waals surface area contributed by atoms with Gasteiger partial charge in [-0.3, -0.25) is 0 Å². The Balaban J connectivity index is 2.02. The molecule has 0 spiro atoms. The number of ether oxygens (including phenoxy) is 2. The fourth-order valence-electron chi connectivity index (χ4n) is 2.33. The van der Waals surface area contributed by atoms with Gasteiger partial charge in [0.15, 0.2) is 12.6 Å². The molecule has 0 unspecified atom stereocenters. The highest BCUT2D eigenvalue weighted by Crippen LogP contribution is 2.24. The molecule has 0 saturated heterocycles. The van der Waals surface area contributed by atoms with Gasteiger partial charge in [0.2, 0.25) is 0 Å². The predicted octanol–water partition coefficient (Wildman–Crippen LogP) is 4.65. The van der Waals surface area contributed by atoms with Crippen LogP contribution in [-0.4, -0.2) is 24.8 Å². The third kappa shape index (κ3) is 7.38. The molecule has 2 aromatic carbocycles. The fourth-order valence-corrected chi connectivity index (χ4v) is 2.33. The maximum atomic E-state index is 12.4. The summed E-state index contributed by atoms with van der Waals surface area (Å²) in [5.74, 6) is 1.02. The monoisotopic (exact) mass is 395 g/mol. The van der Waals surface area contributed by atoms with Crippen LogP contribution >= 0.6 is 0 Å². The highest BCUT2D eigenvalue weighted by atomic mass is 19.4. The Bertz CT molecular complexity index is 803. The molecule has 152 valence electrons. The molecular weight excluding hydrogens is 371 g/mol. The number of aryl methyl sites for hydroxylation is 1. The molecule has 0 bridgehead atoms. The van der Waals surface area contributed by atoms with Crippen LogP contribution in [-0.2, 0) is 6.54 Å². The first-order chi connectivity index (χ1) is 13.1. The number of anilines is 1. The number of nitrogens with one attached hydrogen (secondary N) is 1. The van der Waals surface area contributed by atoms with Crippen LogP contribution in [0.15, 0.2) is 47.5 Å². The number of hydrogen-bond donors (Lipinski definition) is 2. The molecule has 2 aromatic rings. The molecule has 0 heterocycles. The first kappa shape index (κ1) is 21.4. The van der Waals surface area contributed by atoms with Crippen LogP contribution in [0.4, 0.5) is 18.9 Å². The number of aliphatic imine (C=N–C) groups is 1. The number of rotatable bonds is 7. The van der Waals surface area contributed by atoms with Gasteiger partial charge >= 0.3 is 6.18 Å². The van der Waals surface area contributed by atoms with Gasteiger partial charge in [-0.1, -0.05) is 12.1 Å². The van der Waals surface area contributed by atoms with Crippen molar-refractivity contribution in [1.29, 1.82) is 0 Å². The Morgan fingerprint density at radius 3 is 2.43 bits per heavy atom. The van der Waals surface area contributed by atoms with Crippen LogP contribution < -0.4 is 20.5 Å². The number of alkyl halides is 3. The van der Waals surface area contributed by atoms with E-state index in [1.54, 1.807) is 49.4 Å². The molecule has 0 amide bonds. The van der Waals surface area contributed by atoms with Gasteiger partial charge in [-0.2, -0.15) is 13.2 Å². The van der Waals surface area contributed by atoms with Crippen LogP contribution in [0.3, 0.4) is 0 Å². The largest absolute Gasteiger partial charge is 0.491 e. The van der Waals surface area contributed by atoms with Crippen molar-refractivity contribution in [2.45, 2.75) is 39.6 Å². The van der Waals surface area contributed by atoms with Gasteiger partial charge in [0.25, 0.3) is 0 Å². The molecule has 0 aliphatic heterocycles. The van der Waals surface area contributed by atoms with Crippen LogP contribution in [0.5, 0.6) is 11.5 Å². The lowest BCUT2D eigenvalue weighted by Gasteiger charge is -2.13. The molecule has 0 radical (unpaired) electrons. The van der Waals surface area contributed by atoms with E-state index in [4.69, 9.17) is 15.2 Å². The normalized spacial score (nSPS) is 12.2. The summed E-state index contributed by atoms with van der Waals surface area (Å²) in [7, 11) is 0. The zero-order valence-corrected chi connectivity index (χ0v) is 16.0. The van der Waals surface area contributed by atoms with E-state index in [9.17, 15) is 13.2 Å². The van der Waals surface area contributed by atoms with Crippen LogP contribution in [0, 0.1) is 6.92 Å². The fraction of sp³-hybridized carbons (Fsp3) is 0.350. The van der Waals surface area contributed by atoms with Crippen molar-refractivity contribution in [3.63, 3.8) is 0 Å². The SMILES string of the molecule is Cc1ccc(CN=C(N)Nc2ccc(OC(C)C)cc2)c(OCC(F)(F)F)c1. The van der Waals surface area contributed by atoms with E-state index in [1.807, 2.05) is 13.8 Å². The molecule has 28 heavy (non-hydrogen) atoms. The van der Waals surface area contributed by atoms with Crippen LogP contribution in [0.2, 0.25) is 0 Å². The first-order valence-corrected chi connectivity index (χ1v) is 8.75. The zero-order chi connectivity index (χ0) is 20.7.